The lowest BCUT2D eigenvalue weighted by Gasteiger charge is -2.26. The summed E-state index contributed by atoms with van der Waals surface area (Å²) in [6.45, 7) is 0.807. The zero-order chi connectivity index (χ0) is 13.5. The lowest BCUT2D eigenvalue weighted by Crippen LogP contribution is -2.36. The number of amides is 1. The van der Waals surface area contributed by atoms with E-state index in [2.05, 4.69) is 21.2 Å². The molecule has 20 heavy (non-hydrogen) atoms. The van der Waals surface area contributed by atoms with Crippen molar-refractivity contribution in [2.75, 3.05) is 11.4 Å². The average molecular weight is 268 g/mol. The van der Waals surface area contributed by atoms with Crippen LogP contribution in [0.4, 0.5) is 5.69 Å². The van der Waals surface area contributed by atoms with Crippen LogP contribution in [0.3, 0.4) is 0 Å². The molecule has 1 fully saturated rings. The summed E-state index contributed by atoms with van der Waals surface area (Å²) in [5.41, 5.74) is 3.23. The fourth-order valence-corrected chi connectivity index (χ4v) is 3.12. The van der Waals surface area contributed by atoms with Crippen LogP contribution in [0.2, 0.25) is 0 Å². The number of aromatic nitrogens is 3. The SMILES string of the molecule is O=C([C@@H]1C[C@H]1c1cccnc1)N1CCCc2[nH]ncc21. The van der Waals surface area contributed by atoms with E-state index < -0.39 is 0 Å². The first kappa shape index (κ1) is 11.6. The molecule has 1 aliphatic heterocycles. The van der Waals surface area contributed by atoms with Crippen LogP contribution in [-0.4, -0.2) is 27.6 Å². The third kappa shape index (κ3) is 1.81. The molecule has 4 rings (SSSR count). The number of anilines is 1. The Morgan fingerprint density at radius 1 is 1.40 bits per heavy atom. The highest BCUT2D eigenvalue weighted by Crippen LogP contribution is 2.49. The van der Waals surface area contributed by atoms with Crippen molar-refractivity contribution in [3.8, 4) is 0 Å². The van der Waals surface area contributed by atoms with Gasteiger partial charge in [0.05, 0.1) is 17.6 Å². The Morgan fingerprint density at radius 3 is 3.20 bits per heavy atom. The van der Waals surface area contributed by atoms with Crippen molar-refractivity contribution in [2.45, 2.75) is 25.2 Å². The van der Waals surface area contributed by atoms with E-state index in [0.29, 0.717) is 5.92 Å². The molecule has 2 aromatic heterocycles. The molecule has 102 valence electrons. The number of hydrogen-bond donors (Lipinski definition) is 1. The Kier molecular flexibility index (Phi) is 2.58. The molecule has 0 saturated heterocycles. The fourth-order valence-electron chi connectivity index (χ4n) is 3.12. The first-order valence-electron chi connectivity index (χ1n) is 7.08. The monoisotopic (exact) mass is 268 g/mol. The second-order valence-electron chi connectivity index (χ2n) is 5.56. The van der Waals surface area contributed by atoms with Crippen molar-refractivity contribution < 1.29 is 4.79 Å². The highest BCUT2D eigenvalue weighted by molar-refractivity contribution is 5.98. The third-order valence-corrected chi connectivity index (χ3v) is 4.28. The van der Waals surface area contributed by atoms with Crippen LogP contribution < -0.4 is 4.90 Å². The quantitative estimate of drug-likeness (QED) is 0.904. The van der Waals surface area contributed by atoms with Gasteiger partial charge in [-0.2, -0.15) is 5.10 Å². The third-order valence-electron chi connectivity index (χ3n) is 4.28. The van der Waals surface area contributed by atoms with Crippen LogP contribution >= 0.6 is 0 Å². The molecule has 1 N–H and O–H groups in total. The molecular formula is C15H16N4O. The molecule has 0 spiro atoms. The second-order valence-corrected chi connectivity index (χ2v) is 5.56. The van der Waals surface area contributed by atoms with Gasteiger partial charge in [0.15, 0.2) is 0 Å². The number of fused-ring (bicyclic) bond motifs is 1. The summed E-state index contributed by atoms with van der Waals surface area (Å²) in [4.78, 5) is 18.7. The Hall–Kier alpha value is -2.17. The van der Waals surface area contributed by atoms with E-state index in [1.54, 1.807) is 12.4 Å². The normalized spacial score (nSPS) is 24.3. The second kappa shape index (κ2) is 4.44. The lowest BCUT2D eigenvalue weighted by atomic mass is 10.1. The van der Waals surface area contributed by atoms with E-state index in [9.17, 15) is 4.79 Å². The molecule has 0 radical (unpaired) electrons. The highest BCUT2D eigenvalue weighted by Gasteiger charge is 2.46. The van der Waals surface area contributed by atoms with E-state index >= 15 is 0 Å². The standard InChI is InChI=1S/C15H16N4O/c20-15(12-7-11(12)10-3-1-5-16-8-10)19-6-2-4-13-14(19)9-17-18-13/h1,3,5,8-9,11-12H,2,4,6-7H2,(H,17,18)/t11-,12+/m0/s1. The van der Waals surface area contributed by atoms with Gasteiger partial charge in [0.1, 0.15) is 0 Å². The van der Waals surface area contributed by atoms with Gasteiger partial charge in [-0.1, -0.05) is 6.07 Å². The number of carbonyl (C=O) groups excluding carboxylic acids is 1. The van der Waals surface area contributed by atoms with Gasteiger partial charge < -0.3 is 4.90 Å². The van der Waals surface area contributed by atoms with Gasteiger partial charge in [-0.25, -0.2) is 0 Å². The number of H-pyrrole nitrogens is 1. The molecule has 2 atom stereocenters. The maximum absolute atomic E-state index is 12.7. The van der Waals surface area contributed by atoms with Crippen molar-refractivity contribution in [3.05, 3.63) is 42.0 Å². The maximum atomic E-state index is 12.7. The van der Waals surface area contributed by atoms with Crippen molar-refractivity contribution in [2.24, 2.45) is 5.92 Å². The molecule has 1 amide bonds. The van der Waals surface area contributed by atoms with Crippen LogP contribution in [-0.2, 0) is 11.2 Å². The summed E-state index contributed by atoms with van der Waals surface area (Å²) in [6, 6.07) is 3.99. The van der Waals surface area contributed by atoms with E-state index in [-0.39, 0.29) is 11.8 Å². The van der Waals surface area contributed by atoms with Crippen LogP contribution in [0.5, 0.6) is 0 Å². The fraction of sp³-hybridized carbons (Fsp3) is 0.400. The van der Waals surface area contributed by atoms with Crippen molar-refractivity contribution in [3.63, 3.8) is 0 Å². The van der Waals surface area contributed by atoms with Crippen LogP contribution in [0, 0.1) is 5.92 Å². The predicted octanol–water partition coefficient (Wildman–Crippen LogP) is 1.89. The van der Waals surface area contributed by atoms with Crippen molar-refractivity contribution >= 4 is 11.6 Å². The van der Waals surface area contributed by atoms with Gasteiger partial charge in [0.25, 0.3) is 0 Å². The van der Waals surface area contributed by atoms with E-state index in [1.165, 1.54) is 5.56 Å². The molecule has 1 saturated carbocycles. The molecule has 1 aliphatic carbocycles. The predicted molar refractivity (Wildman–Crippen MR) is 74.3 cm³/mol. The molecule has 0 unspecified atom stereocenters. The number of carbonyl (C=O) groups is 1. The Labute approximate surface area is 117 Å². The Bertz CT molecular complexity index is 636. The van der Waals surface area contributed by atoms with E-state index in [1.807, 2.05) is 17.2 Å². The summed E-state index contributed by atoms with van der Waals surface area (Å²) in [6.07, 6.45) is 8.34. The van der Waals surface area contributed by atoms with Gasteiger partial charge in [-0.3, -0.25) is 14.9 Å². The molecule has 2 aliphatic rings. The summed E-state index contributed by atoms with van der Waals surface area (Å²) in [7, 11) is 0. The smallest absolute Gasteiger partial charge is 0.230 e. The summed E-state index contributed by atoms with van der Waals surface area (Å²) < 4.78 is 0. The largest absolute Gasteiger partial charge is 0.309 e. The summed E-state index contributed by atoms with van der Waals surface area (Å²) >= 11 is 0. The number of hydrogen-bond acceptors (Lipinski definition) is 3. The summed E-state index contributed by atoms with van der Waals surface area (Å²) in [5.74, 6) is 0.690. The number of rotatable bonds is 2. The average Bonchev–Trinajstić information content (AvgIpc) is 3.16. The van der Waals surface area contributed by atoms with E-state index in [0.717, 1.165) is 37.2 Å². The topological polar surface area (TPSA) is 61.9 Å². The molecule has 0 aromatic carbocycles. The zero-order valence-corrected chi connectivity index (χ0v) is 11.1. The van der Waals surface area contributed by atoms with Gasteiger partial charge in [0.2, 0.25) is 5.91 Å². The first-order chi connectivity index (χ1) is 9.84. The van der Waals surface area contributed by atoms with Gasteiger partial charge >= 0.3 is 0 Å². The van der Waals surface area contributed by atoms with Crippen LogP contribution in [0.25, 0.3) is 0 Å². The van der Waals surface area contributed by atoms with Gasteiger partial charge in [0, 0.05) is 24.9 Å². The molecule has 5 nitrogen and oxygen atoms in total. The zero-order valence-electron chi connectivity index (χ0n) is 11.1. The molecule has 3 heterocycles. The number of nitrogens with zero attached hydrogens (tertiary/aromatic N) is 3. The van der Waals surface area contributed by atoms with Gasteiger partial charge in [-0.05, 0) is 36.8 Å². The minimum absolute atomic E-state index is 0.111. The van der Waals surface area contributed by atoms with Crippen molar-refractivity contribution in [1.29, 1.82) is 0 Å². The minimum atomic E-state index is 0.111. The van der Waals surface area contributed by atoms with Gasteiger partial charge in [-0.15, -0.1) is 0 Å². The molecular weight excluding hydrogens is 252 g/mol. The number of pyridine rings is 1. The molecule has 5 heteroatoms. The van der Waals surface area contributed by atoms with Crippen molar-refractivity contribution in [1.82, 2.24) is 15.2 Å². The van der Waals surface area contributed by atoms with Crippen LogP contribution in [0.15, 0.2) is 30.7 Å². The minimum Gasteiger partial charge on any atom is -0.309 e. The Balaban J connectivity index is 1.53. The summed E-state index contributed by atoms with van der Waals surface area (Å²) in [5, 5.41) is 7.06. The maximum Gasteiger partial charge on any atom is 0.230 e. The molecule has 2 aromatic rings. The first-order valence-corrected chi connectivity index (χ1v) is 7.08. The van der Waals surface area contributed by atoms with E-state index in [4.69, 9.17) is 0 Å². The lowest BCUT2D eigenvalue weighted by molar-refractivity contribution is -0.120. The number of nitrogens with one attached hydrogen (secondary N) is 1. The Morgan fingerprint density at radius 2 is 2.35 bits per heavy atom. The molecule has 0 bridgehead atoms. The van der Waals surface area contributed by atoms with Crippen LogP contribution in [0.1, 0.15) is 30.0 Å². The number of aryl methyl sites for hydroxylation is 1. The number of aromatic amines is 1. The highest BCUT2D eigenvalue weighted by atomic mass is 16.2.